The molecule has 4 rings (SSSR count). The molecule has 0 N–H and O–H groups in total. The molecule has 1 aliphatic rings. The predicted molar refractivity (Wildman–Crippen MR) is 130 cm³/mol. The van der Waals surface area contributed by atoms with Crippen molar-refractivity contribution in [1.82, 2.24) is 24.6 Å². The van der Waals surface area contributed by atoms with Gasteiger partial charge in [-0.05, 0) is 25.0 Å². The van der Waals surface area contributed by atoms with E-state index >= 15 is 0 Å². The summed E-state index contributed by atoms with van der Waals surface area (Å²) in [6, 6.07) is 18.8. The van der Waals surface area contributed by atoms with E-state index in [0.29, 0.717) is 5.75 Å². The van der Waals surface area contributed by atoms with E-state index < -0.39 is 0 Å². The topological polar surface area (TPSA) is 54.3 Å². The molecule has 1 fully saturated rings. The molecule has 1 aliphatic heterocycles. The lowest BCUT2D eigenvalue weighted by molar-refractivity contribution is -0.130. The Bertz CT molecular complexity index is 1030. The first kappa shape index (κ1) is 22.6. The van der Waals surface area contributed by atoms with Crippen LogP contribution in [-0.2, 0) is 17.9 Å². The van der Waals surface area contributed by atoms with Gasteiger partial charge in [0.1, 0.15) is 0 Å². The number of aromatic nitrogens is 3. The molecule has 0 unspecified atom stereocenters. The number of carbonyl (C=O) groups excluding carboxylic acids is 1. The minimum Gasteiger partial charge on any atom is -0.339 e. The van der Waals surface area contributed by atoms with Crippen LogP contribution in [0.3, 0.4) is 0 Å². The number of benzene rings is 2. The molecule has 0 saturated carbocycles. The van der Waals surface area contributed by atoms with E-state index in [1.165, 1.54) is 22.9 Å². The highest BCUT2D eigenvalue weighted by molar-refractivity contribution is 7.99. The fourth-order valence-electron chi connectivity index (χ4n) is 4.03. The van der Waals surface area contributed by atoms with Gasteiger partial charge in [-0.15, -0.1) is 10.2 Å². The molecule has 1 saturated heterocycles. The first-order valence-corrected chi connectivity index (χ1v) is 12.3. The van der Waals surface area contributed by atoms with Crippen molar-refractivity contribution in [2.45, 2.75) is 38.5 Å². The zero-order valence-corrected chi connectivity index (χ0v) is 19.7. The van der Waals surface area contributed by atoms with Crippen LogP contribution in [0.25, 0.3) is 11.4 Å². The van der Waals surface area contributed by atoms with E-state index in [0.717, 1.165) is 62.2 Å². The largest absolute Gasteiger partial charge is 0.339 e. The molecule has 0 bridgehead atoms. The van der Waals surface area contributed by atoms with Crippen LogP contribution < -0.4 is 0 Å². The molecule has 2 aromatic carbocycles. The number of thioether (sulfide) groups is 1. The summed E-state index contributed by atoms with van der Waals surface area (Å²) in [5, 5.41) is 9.68. The number of carbonyl (C=O) groups is 1. The molecule has 168 valence electrons. The van der Waals surface area contributed by atoms with Crippen molar-refractivity contribution in [3.63, 3.8) is 0 Å². The zero-order valence-electron chi connectivity index (χ0n) is 18.9. The Labute approximate surface area is 194 Å². The Hall–Kier alpha value is -2.64. The summed E-state index contributed by atoms with van der Waals surface area (Å²) in [6.45, 7) is 9.39. The molecule has 0 radical (unpaired) electrons. The van der Waals surface area contributed by atoms with Gasteiger partial charge in [-0.25, -0.2) is 0 Å². The summed E-state index contributed by atoms with van der Waals surface area (Å²) in [5.41, 5.74) is 3.59. The summed E-state index contributed by atoms with van der Waals surface area (Å²) in [6.07, 6.45) is 0.988. The molecule has 6 nitrogen and oxygen atoms in total. The second-order valence-electron chi connectivity index (χ2n) is 8.26. The maximum absolute atomic E-state index is 12.9. The number of aryl methyl sites for hydroxylation is 1. The molecule has 3 aromatic rings. The average molecular weight is 450 g/mol. The van der Waals surface area contributed by atoms with Crippen LogP contribution in [0.4, 0.5) is 0 Å². The van der Waals surface area contributed by atoms with Crippen LogP contribution in [-0.4, -0.2) is 62.4 Å². The maximum Gasteiger partial charge on any atom is 0.233 e. The summed E-state index contributed by atoms with van der Waals surface area (Å²) >= 11 is 1.50. The van der Waals surface area contributed by atoms with Crippen molar-refractivity contribution in [3.05, 3.63) is 65.7 Å². The molecule has 32 heavy (non-hydrogen) atoms. The third-order valence-electron chi connectivity index (χ3n) is 5.74. The van der Waals surface area contributed by atoms with E-state index in [1.54, 1.807) is 0 Å². The van der Waals surface area contributed by atoms with Crippen molar-refractivity contribution in [1.29, 1.82) is 0 Å². The summed E-state index contributed by atoms with van der Waals surface area (Å²) in [7, 11) is 0. The second-order valence-corrected chi connectivity index (χ2v) is 9.20. The molecular weight excluding hydrogens is 418 g/mol. The molecule has 2 heterocycles. The van der Waals surface area contributed by atoms with E-state index in [2.05, 4.69) is 76.0 Å². The normalized spacial score (nSPS) is 14.6. The summed E-state index contributed by atoms with van der Waals surface area (Å²) in [4.78, 5) is 17.3. The zero-order chi connectivity index (χ0) is 22.3. The van der Waals surface area contributed by atoms with Gasteiger partial charge in [0.05, 0.1) is 5.75 Å². The Balaban J connectivity index is 1.33. The number of piperazine rings is 1. The van der Waals surface area contributed by atoms with E-state index in [4.69, 9.17) is 0 Å². The Kier molecular flexibility index (Phi) is 7.60. The molecule has 1 aromatic heterocycles. The minimum absolute atomic E-state index is 0.178. The van der Waals surface area contributed by atoms with Gasteiger partial charge in [0.25, 0.3) is 0 Å². The van der Waals surface area contributed by atoms with Gasteiger partial charge in [-0.2, -0.15) is 0 Å². The van der Waals surface area contributed by atoms with Crippen LogP contribution in [0.15, 0.2) is 59.8 Å². The van der Waals surface area contributed by atoms with Crippen LogP contribution in [0.5, 0.6) is 0 Å². The number of rotatable bonds is 8. The molecule has 0 spiro atoms. The van der Waals surface area contributed by atoms with Gasteiger partial charge >= 0.3 is 0 Å². The highest BCUT2D eigenvalue weighted by Gasteiger charge is 2.22. The van der Waals surface area contributed by atoms with Crippen molar-refractivity contribution < 1.29 is 4.79 Å². The average Bonchev–Trinajstić information content (AvgIpc) is 3.21. The third-order valence-corrected chi connectivity index (χ3v) is 6.69. The fourth-order valence-corrected chi connectivity index (χ4v) is 4.90. The Morgan fingerprint density at radius 3 is 2.50 bits per heavy atom. The quantitative estimate of drug-likeness (QED) is 0.485. The van der Waals surface area contributed by atoms with Crippen LogP contribution in [0.2, 0.25) is 0 Å². The lowest BCUT2D eigenvalue weighted by atomic mass is 10.1. The SMILES string of the molecule is CCCn1c(SCC(=O)N2CCN(Cc3ccccc3)CC2)nnc1-c1cccc(C)c1. The summed E-state index contributed by atoms with van der Waals surface area (Å²) in [5.74, 6) is 1.45. The third kappa shape index (κ3) is 5.58. The van der Waals surface area contributed by atoms with E-state index in [9.17, 15) is 4.79 Å². The lowest BCUT2D eigenvalue weighted by Crippen LogP contribution is -2.48. The van der Waals surface area contributed by atoms with Gasteiger partial charge in [0.15, 0.2) is 11.0 Å². The molecule has 0 aliphatic carbocycles. The highest BCUT2D eigenvalue weighted by Crippen LogP contribution is 2.25. The number of nitrogens with zero attached hydrogens (tertiary/aromatic N) is 5. The lowest BCUT2D eigenvalue weighted by Gasteiger charge is -2.34. The molecular formula is C25H31N5OS. The Morgan fingerprint density at radius 1 is 1.00 bits per heavy atom. The van der Waals surface area contributed by atoms with Gasteiger partial charge < -0.3 is 9.47 Å². The summed E-state index contributed by atoms with van der Waals surface area (Å²) < 4.78 is 2.14. The fraction of sp³-hybridized carbons (Fsp3) is 0.400. The smallest absolute Gasteiger partial charge is 0.233 e. The highest BCUT2D eigenvalue weighted by atomic mass is 32.2. The van der Waals surface area contributed by atoms with Crippen molar-refractivity contribution >= 4 is 17.7 Å². The van der Waals surface area contributed by atoms with Crippen LogP contribution in [0, 0.1) is 6.92 Å². The molecule has 7 heteroatoms. The molecule has 1 amide bonds. The minimum atomic E-state index is 0.178. The number of amides is 1. The van der Waals surface area contributed by atoms with Crippen LogP contribution >= 0.6 is 11.8 Å². The maximum atomic E-state index is 12.9. The number of hydrogen-bond donors (Lipinski definition) is 0. The van der Waals surface area contributed by atoms with Gasteiger partial charge in [-0.1, -0.05) is 72.8 Å². The Morgan fingerprint density at radius 2 is 1.78 bits per heavy atom. The van der Waals surface area contributed by atoms with Gasteiger partial charge in [0, 0.05) is 44.8 Å². The van der Waals surface area contributed by atoms with Crippen molar-refractivity contribution in [2.75, 3.05) is 31.9 Å². The van der Waals surface area contributed by atoms with E-state index in [-0.39, 0.29) is 5.91 Å². The van der Waals surface area contributed by atoms with Crippen molar-refractivity contribution in [3.8, 4) is 11.4 Å². The first-order valence-electron chi connectivity index (χ1n) is 11.3. The predicted octanol–water partition coefficient (Wildman–Crippen LogP) is 4.10. The standard InChI is InChI=1S/C25H31N5OS/c1-3-12-30-24(22-11-7-8-20(2)17-22)26-27-25(30)32-19-23(31)29-15-13-28(14-16-29)18-21-9-5-4-6-10-21/h4-11,17H,3,12-16,18-19H2,1-2H3. The monoisotopic (exact) mass is 449 g/mol. The first-order chi connectivity index (χ1) is 15.6. The van der Waals surface area contributed by atoms with Crippen LogP contribution in [0.1, 0.15) is 24.5 Å². The number of hydrogen-bond acceptors (Lipinski definition) is 5. The second kappa shape index (κ2) is 10.8. The van der Waals surface area contributed by atoms with E-state index in [1.807, 2.05) is 17.0 Å². The molecule has 0 atom stereocenters. The van der Waals surface area contributed by atoms with Gasteiger partial charge in [0.2, 0.25) is 5.91 Å². The van der Waals surface area contributed by atoms with Crippen molar-refractivity contribution in [2.24, 2.45) is 0 Å². The van der Waals surface area contributed by atoms with Gasteiger partial charge in [-0.3, -0.25) is 9.69 Å².